The number of anilines is 1. The number of aromatic amines is 1. The summed E-state index contributed by atoms with van der Waals surface area (Å²) in [5.41, 5.74) is 6.14. The second-order valence-corrected chi connectivity index (χ2v) is 24.1. The Bertz CT molecular complexity index is 2170. The molecule has 2 aliphatic rings. The van der Waals surface area contributed by atoms with Gasteiger partial charge >= 0.3 is 0 Å². The molecule has 0 aromatic carbocycles. The third kappa shape index (κ3) is 8.57. The quantitative estimate of drug-likeness (QED) is 0.137. The molecular weight excluding hydrogens is 724 g/mol. The van der Waals surface area contributed by atoms with Crippen molar-refractivity contribution in [1.82, 2.24) is 38.6 Å². The number of aryl methyl sites for hydroxylation is 2. The molecule has 2 fully saturated rings. The van der Waals surface area contributed by atoms with E-state index in [2.05, 4.69) is 64.2 Å². The third-order valence-corrected chi connectivity index (χ3v) is 12.6. The lowest BCUT2D eigenvalue weighted by Gasteiger charge is -2.26. The molecule has 0 saturated carbocycles. The van der Waals surface area contributed by atoms with Crippen LogP contribution in [0.25, 0.3) is 22.3 Å². The molecule has 2 saturated heterocycles. The van der Waals surface area contributed by atoms with Crippen LogP contribution in [0.3, 0.4) is 0 Å². The van der Waals surface area contributed by atoms with E-state index in [-0.39, 0.29) is 47.5 Å². The second-order valence-electron chi connectivity index (χ2n) is 15.6. The Morgan fingerprint density at radius 1 is 0.849 bits per heavy atom. The molecule has 2 unspecified atom stereocenters. The maximum absolute atomic E-state index is 12.3. The van der Waals surface area contributed by atoms with Gasteiger partial charge in [-0.25, -0.2) is 19.9 Å². The van der Waals surface area contributed by atoms with E-state index in [1.165, 1.54) is 20.0 Å². The highest BCUT2D eigenvalue weighted by atomic mass is 31.2. The average molecular weight is 782 g/mol. The zero-order chi connectivity index (χ0) is 38.8. The number of fused-ring (bicyclic) bond motifs is 2. The Labute approximate surface area is 309 Å². The van der Waals surface area contributed by atoms with Crippen molar-refractivity contribution in [3.05, 3.63) is 38.7 Å². The van der Waals surface area contributed by atoms with Crippen LogP contribution in [0.15, 0.2) is 15.9 Å². The number of hydrogen-bond acceptors (Lipinski definition) is 13. The van der Waals surface area contributed by atoms with Crippen LogP contribution in [0.4, 0.5) is 5.95 Å². The fourth-order valence-electron chi connectivity index (χ4n) is 7.22. The summed E-state index contributed by atoms with van der Waals surface area (Å²) in [4.78, 5) is 43.9. The molecule has 2 aliphatic heterocycles. The summed E-state index contributed by atoms with van der Waals surface area (Å²) >= 11 is 0. The highest BCUT2D eigenvalue weighted by Gasteiger charge is 2.48. The number of rotatable bonds is 8. The van der Waals surface area contributed by atoms with Gasteiger partial charge in [0.2, 0.25) is 5.95 Å². The molecule has 4 aromatic heterocycles. The summed E-state index contributed by atoms with van der Waals surface area (Å²) in [5, 5.41) is 42.2. The highest BCUT2D eigenvalue weighted by molar-refractivity contribution is 7.72. The van der Waals surface area contributed by atoms with Gasteiger partial charge in [-0.3, -0.25) is 23.3 Å². The molecule has 0 spiro atoms. The first-order chi connectivity index (χ1) is 24.0. The SMILES string of the molecule is C.C=P(C)(C)CC(C)[C@H]1O[C@@H](n2c(N)nc3c(=O)[nH]c(C)nc32)[C@H](O)[C@@H]1O.C=P(C)(C)CC(C)[C@H]1O[C@@H](n2cnc3c(=O)n(C)c(C)nc32)[C@H](O)[C@@H]1O. The summed E-state index contributed by atoms with van der Waals surface area (Å²) < 4.78 is 16.3. The fraction of sp³-hybridized carbons (Fsp3) is 0.647. The van der Waals surface area contributed by atoms with Gasteiger partial charge in [0.05, 0.1) is 18.5 Å². The van der Waals surface area contributed by atoms with E-state index < -0.39 is 68.4 Å². The molecule has 7 N–H and O–H groups in total. The lowest BCUT2D eigenvalue weighted by Crippen LogP contribution is -2.36. The molecule has 53 heavy (non-hydrogen) atoms. The predicted molar refractivity (Wildman–Crippen MR) is 213 cm³/mol. The summed E-state index contributed by atoms with van der Waals surface area (Å²) in [5.74, 6) is 0.969. The van der Waals surface area contributed by atoms with E-state index in [4.69, 9.17) is 15.2 Å². The minimum absolute atomic E-state index is 0. The van der Waals surface area contributed by atoms with Crippen molar-refractivity contribution in [3.63, 3.8) is 0 Å². The number of hydrogen-bond donors (Lipinski definition) is 6. The first-order valence-corrected chi connectivity index (χ1v) is 23.1. The molecule has 0 aliphatic carbocycles. The number of nitrogens with two attached hydrogens (primary N) is 1. The summed E-state index contributed by atoms with van der Waals surface area (Å²) in [6, 6.07) is 0. The molecule has 17 nitrogen and oxygen atoms in total. The van der Waals surface area contributed by atoms with Crippen molar-refractivity contribution in [2.45, 2.75) is 84.2 Å². The molecule has 6 rings (SSSR count). The molecule has 0 bridgehead atoms. The van der Waals surface area contributed by atoms with Gasteiger partial charge in [0, 0.05) is 7.05 Å². The van der Waals surface area contributed by atoms with Crippen LogP contribution in [0.2, 0.25) is 0 Å². The fourth-order valence-corrected chi connectivity index (χ4v) is 10.8. The minimum atomic E-state index is -1.34. The van der Waals surface area contributed by atoms with Crippen LogP contribution >= 0.6 is 13.8 Å². The number of nitrogens with one attached hydrogen (secondary N) is 1. The molecule has 0 amide bonds. The van der Waals surface area contributed by atoms with E-state index >= 15 is 0 Å². The Balaban J connectivity index is 0.000000232. The summed E-state index contributed by atoms with van der Waals surface area (Å²) in [6.07, 6.45) is 4.16. The summed E-state index contributed by atoms with van der Waals surface area (Å²) in [6.45, 7) is 13.2. The average Bonchev–Trinajstić information content (AvgIpc) is 3.74. The van der Waals surface area contributed by atoms with Crippen molar-refractivity contribution in [2.24, 2.45) is 18.9 Å². The van der Waals surface area contributed by atoms with E-state index in [1.54, 1.807) is 20.9 Å². The number of aromatic nitrogens is 8. The molecule has 19 heteroatoms. The van der Waals surface area contributed by atoms with Gasteiger partial charge in [-0.1, -0.05) is 21.3 Å². The van der Waals surface area contributed by atoms with Gasteiger partial charge in [-0.15, -0.1) is 26.4 Å². The smallest absolute Gasteiger partial charge is 0.281 e. The molecule has 0 radical (unpaired) electrons. The maximum atomic E-state index is 12.3. The van der Waals surface area contributed by atoms with Crippen molar-refractivity contribution in [2.75, 3.05) is 44.7 Å². The molecule has 4 aromatic rings. The molecule has 10 atom stereocenters. The number of aliphatic hydroxyl groups is 4. The monoisotopic (exact) mass is 781 g/mol. The standard InChI is InChI=1S/C17H27N4O4P.C16H26N5O4P.CH4/c1-9(7-26(4,5)6)14-12(22)13(23)17(25-14)21-8-18-11-15(21)19-10(2)20(3)16(11)24;1-7(6-26(3,4)5)12-10(22)11(23)15(25-12)21-13-9(20-16(21)17)14(24)19-8(2)18-13;/h8-9,12-14,17,22-23H,4,7H2,1-3,5-6H3;7,10-12,15,22-23H,3,6H2,1-2,4-5H3,(H2,17,20)(H,18,19,24);1H4/t9?,12-,13+,14+,17+;7?,10-,11+,12+,15+;/m00./s1. The van der Waals surface area contributed by atoms with Crippen LogP contribution in [-0.4, -0.2) is 147 Å². The zero-order valence-electron chi connectivity index (χ0n) is 31.2. The maximum Gasteiger partial charge on any atom is 0.281 e. The Hall–Kier alpha value is -3.14. The Morgan fingerprint density at radius 3 is 1.89 bits per heavy atom. The second kappa shape index (κ2) is 15.5. The van der Waals surface area contributed by atoms with Gasteiger partial charge in [0.25, 0.3) is 11.1 Å². The van der Waals surface area contributed by atoms with Crippen LogP contribution in [0.5, 0.6) is 0 Å². The van der Waals surface area contributed by atoms with Gasteiger partial charge in [-0.05, 0) is 64.7 Å². The van der Waals surface area contributed by atoms with Crippen molar-refractivity contribution >= 4 is 54.6 Å². The number of nitrogens with zero attached hydrogens (tertiary/aromatic N) is 7. The predicted octanol–water partition coefficient (Wildman–Crippen LogP) is 1.01. The lowest BCUT2D eigenvalue weighted by atomic mass is 10.0. The van der Waals surface area contributed by atoms with Crippen LogP contribution in [0, 0.1) is 25.7 Å². The largest absolute Gasteiger partial charge is 0.388 e. The first-order valence-electron chi connectivity index (χ1n) is 17.0. The van der Waals surface area contributed by atoms with Gasteiger partial charge in [0.1, 0.15) is 36.1 Å². The molecule has 296 valence electrons. The topological polar surface area (TPSA) is 242 Å². The number of ether oxygens (including phenoxy) is 2. The van der Waals surface area contributed by atoms with Gasteiger partial charge in [-0.2, -0.15) is 0 Å². The van der Waals surface area contributed by atoms with Crippen LogP contribution in [0.1, 0.15) is 45.4 Å². The van der Waals surface area contributed by atoms with E-state index in [0.29, 0.717) is 17.3 Å². The van der Waals surface area contributed by atoms with E-state index in [0.717, 1.165) is 12.3 Å². The van der Waals surface area contributed by atoms with Crippen LogP contribution < -0.4 is 16.9 Å². The van der Waals surface area contributed by atoms with E-state index in [1.807, 2.05) is 13.8 Å². The minimum Gasteiger partial charge on any atom is -0.388 e. The van der Waals surface area contributed by atoms with Crippen molar-refractivity contribution in [1.29, 1.82) is 0 Å². The first kappa shape index (κ1) is 42.6. The molecule has 6 heterocycles. The van der Waals surface area contributed by atoms with Gasteiger partial charge in [0.15, 0.2) is 34.8 Å². The Kier molecular flexibility index (Phi) is 12.5. The zero-order valence-corrected chi connectivity index (χ0v) is 33.0. The summed E-state index contributed by atoms with van der Waals surface area (Å²) in [7, 11) is 1.63. The normalized spacial score (nSPS) is 27.4. The van der Waals surface area contributed by atoms with E-state index in [9.17, 15) is 30.0 Å². The van der Waals surface area contributed by atoms with Crippen molar-refractivity contribution in [3.8, 4) is 0 Å². The number of nitrogen functional groups attached to an aromatic ring is 1. The Morgan fingerprint density at radius 2 is 1.36 bits per heavy atom. The number of H-pyrrole nitrogens is 1. The highest BCUT2D eigenvalue weighted by Crippen LogP contribution is 2.44. The van der Waals surface area contributed by atoms with Crippen LogP contribution in [-0.2, 0) is 16.5 Å². The van der Waals surface area contributed by atoms with Crippen molar-refractivity contribution < 1.29 is 29.9 Å². The lowest BCUT2D eigenvalue weighted by molar-refractivity contribution is -0.0487. The number of aliphatic hydroxyl groups excluding tert-OH is 4. The number of imidazole rings is 2. The third-order valence-electron chi connectivity index (χ3n) is 9.49. The van der Waals surface area contributed by atoms with Gasteiger partial charge < -0.3 is 40.6 Å². The molecular formula is C34H57N9O8P2.